The summed E-state index contributed by atoms with van der Waals surface area (Å²) in [5.74, 6) is 2.50. The highest BCUT2D eigenvalue weighted by atomic mass is 127. The molecule has 2 atom stereocenters. The number of likely N-dealkylation sites (tertiary alicyclic amines) is 1. The number of hydrogen-bond acceptors (Lipinski definition) is 3. The molecule has 2 unspecified atom stereocenters. The number of anilines is 1. The second-order valence-electron chi connectivity index (χ2n) is 7.14. The highest BCUT2D eigenvalue weighted by Crippen LogP contribution is 2.21. The van der Waals surface area contributed by atoms with E-state index in [1.165, 1.54) is 12.0 Å². The van der Waals surface area contributed by atoms with Crippen LogP contribution in [-0.2, 0) is 11.3 Å². The molecule has 0 bridgehead atoms. The van der Waals surface area contributed by atoms with Crippen LogP contribution in [0.2, 0.25) is 0 Å². The van der Waals surface area contributed by atoms with Crippen molar-refractivity contribution < 1.29 is 4.74 Å². The molecule has 2 rings (SSSR count). The molecule has 1 fully saturated rings. The van der Waals surface area contributed by atoms with E-state index in [0.717, 1.165) is 49.7 Å². The van der Waals surface area contributed by atoms with Gasteiger partial charge in [-0.2, -0.15) is 0 Å². The second kappa shape index (κ2) is 12.4. The lowest BCUT2D eigenvalue weighted by Gasteiger charge is -2.37. The summed E-state index contributed by atoms with van der Waals surface area (Å²) in [6.45, 7) is 12.1. The van der Waals surface area contributed by atoms with E-state index >= 15 is 0 Å². The van der Waals surface area contributed by atoms with Crippen LogP contribution < -0.4 is 10.6 Å². The molecule has 1 aliphatic rings. The number of aliphatic imine (C=N–C) groups is 1. The first-order valence-corrected chi connectivity index (χ1v) is 9.47. The number of halogens is 1. The fourth-order valence-corrected chi connectivity index (χ4v) is 3.45. The van der Waals surface area contributed by atoms with Crippen LogP contribution >= 0.6 is 24.0 Å². The summed E-state index contributed by atoms with van der Waals surface area (Å²) in [5, 5.41) is 6.80. The molecule has 0 radical (unpaired) electrons. The van der Waals surface area contributed by atoms with Gasteiger partial charge in [0.15, 0.2) is 5.96 Å². The molecule has 26 heavy (non-hydrogen) atoms. The van der Waals surface area contributed by atoms with Gasteiger partial charge >= 0.3 is 0 Å². The molecular weight excluding hydrogens is 439 g/mol. The van der Waals surface area contributed by atoms with Gasteiger partial charge in [0.2, 0.25) is 0 Å². The predicted octanol–water partition coefficient (Wildman–Crippen LogP) is 3.81. The topological polar surface area (TPSA) is 48.9 Å². The Labute approximate surface area is 176 Å². The first-order chi connectivity index (χ1) is 12.1. The van der Waals surface area contributed by atoms with E-state index < -0.39 is 0 Å². The van der Waals surface area contributed by atoms with Gasteiger partial charge in [0, 0.05) is 39.0 Å². The van der Waals surface area contributed by atoms with Crippen molar-refractivity contribution in [1.29, 1.82) is 0 Å². The fourth-order valence-electron chi connectivity index (χ4n) is 3.45. The molecule has 0 saturated carbocycles. The summed E-state index contributed by atoms with van der Waals surface area (Å²) in [5.41, 5.74) is 2.35. The Morgan fingerprint density at radius 1 is 1.19 bits per heavy atom. The lowest BCUT2D eigenvalue weighted by Crippen LogP contribution is -2.48. The maximum Gasteiger partial charge on any atom is 0.194 e. The van der Waals surface area contributed by atoms with Crippen LogP contribution in [0.25, 0.3) is 0 Å². The van der Waals surface area contributed by atoms with Crippen molar-refractivity contribution in [1.82, 2.24) is 10.2 Å². The summed E-state index contributed by atoms with van der Waals surface area (Å²) in [6.07, 6.45) is 1.31. The molecule has 6 heteroatoms. The van der Waals surface area contributed by atoms with Crippen molar-refractivity contribution in [2.24, 2.45) is 16.8 Å². The molecule has 0 aromatic heterocycles. The van der Waals surface area contributed by atoms with E-state index in [1.54, 1.807) is 7.11 Å². The molecule has 1 aliphatic heterocycles. The van der Waals surface area contributed by atoms with Gasteiger partial charge in [-0.05, 0) is 42.9 Å². The van der Waals surface area contributed by atoms with Crippen LogP contribution in [0, 0.1) is 11.8 Å². The minimum atomic E-state index is 0. The number of benzene rings is 1. The number of rotatable bonds is 7. The van der Waals surface area contributed by atoms with Crippen LogP contribution in [-0.4, -0.2) is 50.8 Å². The Kier molecular flexibility index (Phi) is 11.0. The van der Waals surface area contributed by atoms with Crippen molar-refractivity contribution in [3.05, 3.63) is 29.8 Å². The van der Waals surface area contributed by atoms with E-state index in [0.29, 0.717) is 13.2 Å². The lowest BCUT2D eigenvalue weighted by atomic mass is 9.92. The number of methoxy groups -OCH3 is 1. The summed E-state index contributed by atoms with van der Waals surface area (Å²) in [4.78, 5) is 7.29. The third-order valence-corrected chi connectivity index (χ3v) is 4.50. The average molecular weight is 474 g/mol. The number of hydrogen-bond donors (Lipinski definition) is 2. The molecular formula is C20H35IN4O. The zero-order valence-electron chi connectivity index (χ0n) is 16.6. The van der Waals surface area contributed by atoms with E-state index in [2.05, 4.69) is 60.6 Å². The Morgan fingerprint density at radius 3 is 2.42 bits per heavy atom. The van der Waals surface area contributed by atoms with Gasteiger partial charge in [-0.15, -0.1) is 24.0 Å². The number of guanidine groups is 1. The van der Waals surface area contributed by atoms with Gasteiger partial charge in [-0.25, -0.2) is 4.99 Å². The van der Waals surface area contributed by atoms with E-state index in [-0.39, 0.29) is 24.0 Å². The molecule has 2 N–H and O–H groups in total. The monoisotopic (exact) mass is 474 g/mol. The van der Waals surface area contributed by atoms with Gasteiger partial charge in [-0.1, -0.05) is 26.0 Å². The normalized spacial score (nSPS) is 20.5. The number of nitrogens with one attached hydrogen (secondary N) is 2. The van der Waals surface area contributed by atoms with Crippen LogP contribution in [0.3, 0.4) is 0 Å². The zero-order chi connectivity index (χ0) is 18.1. The van der Waals surface area contributed by atoms with Gasteiger partial charge in [0.1, 0.15) is 0 Å². The molecule has 0 amide bonds. The molecule has 1 heterocycles. The Bertz CT molecular complexity index is 525. The smallest absolute Gasteiger partial charge is 0.194 e. The van der Waals surface area contributed by atoms with Gasteiger partial charge < -0.3 is 20.3 Å². The zero-order valence-corrected chi connectivity index (χ0v) is 19.0. The second-order valence-corrected chi connectivity index (χ2v) is 7.14. The van der Waals surface area contributed by atoms with E-state index in [4.69, 9.17) is 9.73 Å². The summed E-state index contributed by atoms with van der Waals surface area (Å²) in [7, 11) is 1.72. The average Bonchev–Trinajstić information content (AvgIpc) is 2.59. The molecule has 0 spiro atoms. The summed E-state index contributed by atoms with van der Waals surface area (Å²) < 4.78 is 5.06. The van der Waals surface area contributed by atoms with Crippen LogP contribution in [0.1, 0.15) is 32.8 Å². The maximum atomic E-state index is 5.06. The highest BCUT2D eigenvalue weighted by Gasteiger charge is 2.23. The largest absolute Gasteiger partial charge is 0.383 e. The maximum absolute atomic E-state index is 5.06. The fraction of sp³-hybridized carbons (Fsp3) is 0.650. The van der Waals surface area contributed by atoms with Crippen molar-refractivity contribution >= 4 is 35.6 Å². The molecule has 5 nitrogen and oxygen atoms in total. The minimum Gasteiger partial charge on any atom is -0.383 e. The van der Waals surface area contributed by atoms with Crippen molar-refractivity contribution in [3.8, 4) is 0 Å². The van der Waals surface area contributed by atoms with Gasteiger partial charge in [0.25, 0.3) is 0 Å². The number of ether oxygens (including phenoxy) is 1. The third-order valence-electron chi connectivity index (χ3n) is 4.50. The Morgan fingerprint density at radius 2 is 1.85 bits per heavy atom. The Hall–Kier alpha value is -1.02. The quantitative estimate of drug-likeness (QED) is 0.273. The van der Waals surface area contributed by atoms with Crippen molar-refractivity contribution in [3.63, 3.8) is 0 Å². The van der Waals surface area contributed by atoms with Gasteiger partial charge in [-0.3, -0.25) is 0 Å². The van der Waals surface area contributed by atoms with Crippen molar-refractivity contribution in [2.75, 3.05) is 45.2 Å². The van der Waals surface area contributed by atoms with Gasteiger partial charge in [0.05, 0.1) is 13.2 Å². The van der Waals surface area contributed by atoms with Crippen LogP contribution in [0.4, 0.5) is 5.69 Å². The molecule has 148 valence electrons. The Balaban J connectivity index is 0.00000338. The van der Waals surface area contributed by atoms with Crippen LogP contribution in [0.15, 0.2) is 29.3 Å². The first kappa shape index (κ1) is 23.0. The highest BCUT2D eigenvalue weighted by molar-refractivity contribution is 14.0. The number of nitrogens with zero attached hydrogens (tertiary/aromatic N) is 2. The first-order valence-electron chi connectivity index (χ1n) is 9.47. The summed E-state index contributed by atoms with van der Waals surface area (Å²) >= 11 is 0. The lowest BCUT2D eigenvalue weighted by molar-refractivity contribution is 0.208. The standard InChI is InChI=1S/C20H34N4O.HI/c1-5-21-20(24-14-16(2)12-17(3)15-24)23-13-18-6-8-19(9-7-18)22-10-11-25-4;/h6-9,16-17,22H,5,10-15H2,1-4H3,(H,21,23);1H. The molecule has 1 saturated heterocycles. The van der Waals surface area contributed by atoms with E-state index in [9.17, 15) is 0 Å². The molecule has 1 aromatic carbocycles. The molecule has 0 aliphatic carbocycles. The molecule has 1 aromatic rings. The van der Waals surface area contributed by atoms with Crippen LogP contribution in [0.5, 0.6) is 0 Å². The summed E-state index contributed by atoms with van der Waals surface area (Å²) in [6, 6.07) is 8.50. The SMILES string of the molecule is CCNC(=NCc1ccc(NCCOC)cc1)N1CC(C)CC(C)C1.I. The van der Waals surface area contributed by atoms with Crippen molar-refractivity contribution in [2.45, 2.75) is 33.7 Å². The minimum absolute atomic E-state index is 0. The third kappa shape index (κ3) is 7.70. The van der Waals surface area contributed by atoms with E-state index in [1.807, 2.05) is 0 Å². The predicted molar refractivity (Wildman–Crippen MR) is 122 cm³/mol. The number of piperidine rings is 1.